The molecule has 2 aromatic rings. The monoisotopic (exact) mass is 308 g/mol. The lowest BCUT2D eigenvalue weighted by Crippen LogP contribution is -2.04. The maximum Gasteiger partial charge on any atom is 0.136 e. The number of nitrogens with zero attached hydrogens (tertiary/aromatic N) is 3. The second-order valence-corrected chi connectivity index (χ2v) is 4.44. The number of rotatable bonds is 4. The standard InChI is InChI=1S/C11H13BrN6/c1-14-11-7(6-13)3-4-9(16-11)15-10-5-8(12)17-18(10)2/h3-6,13H,1-2H3,(H2,14,15,16). The maximum absolute atomic E-state index is 7.27. The topological polar surface area (TPSA) is 78.6 Å². The zero-order valence-electron chi connectivity index (χ0n) is 10.0. The third-order valence-electron chi connectivity index (χ3n) is 2.42. The largest absolute Gasteiger partial charge is 0.373 e. The summed E-state index contributed by atoms with van der Waals surface area (Å²) < 4.78 is 2.48. The molecule has 0 aromatic carbocycles. The highest BCUT2D eigenvalue weighted by molar-refractivity contribution is 9.10. The van der Waals surface area contributed by atoms with Gasteiger partial charge in [0.05, 0.1) is 0 Å². The van der Waals surface area contributed by atoms with Crippen molar-refractivity contribution in [3.8, 4) is 0 Å². The van der Waals surface area contributed by atoms with Crippen molar-refractivity contribution in [2.24, 2.45) is 7.05 Å². The Morgan fingerprint density at radius 3 is 2.78 bits per heavy atom. The summed E-state index contributed by atoms with van der Waals surface area (Å²) in [5.74, 6) is 2.19. The van der Waals surface area contributed by atoms with E-state index in [2.05, 4.69) is 36.6 Å². The van der Waals surface area contributed by atoms with E-state index in [1.807, 2.05) is 25.2 Å². The number of anilines is 3. The van der Waals surface area contributed by atoms with E-state index in [-0.39, 0.29) is 0 Å². The quantitative estimate of drug-likeness (QED) is 0.758. The Kier molecular flexibility index (Phi) is 3.61. The summed E-state index contributed by atoms with van der Waals surface area (Å²) in [7, 11) is 3.62. The van der Waals surface area contributed by atoms with E-state index < -0.39 is 0 Å². The molecule has 0 bridgehead atoms. The predicted molar refractivity (Wildman–Crippen MR) is 75.9 cm³/mol. The fraction of sp³-hybridized carbons (Fsp3) is 0.182. The van der Waals surface area contributed by atoms with Gasteiger partial charge >= 0.3 is 0 Å². The molecule has 2 heterocycles. The van der Waals surface area contributed by atoms with Gasteiger partial charge in [-0.15, -0.1) is 0 Å². The van der Waals surface area contributed by atoms with Crippen LogP contribution in [0.5, 0.6) is 0 Å². The third kappa shape index (κ3) is 2.51. The lowest BCUT2D eigenvalue weighted by Gasteiger charge is -2.09. The second kappa shape index (κ2) is 5.18. The number of halogens is 1. The fourth-order valence-electron chi connectivity index (χ4n) is 1.54. The van der Waals surface area contributed by atoms with E-state index >= 15 is 0 Å². The minimum Gasteiger partial charge on any atom is -0.373 e. The minimum absolute atomic E-state index is 0.663. The number of nitrogens with one attached hydrogen (secondary N) is 3. The summed E-state index contributed by atoms with van der Waals surface area (Å²) in [4.78, 5) is 4.38. The summed E-state index contributed by atoms with van der Waals surface area (Å²) in [6.07, 6.45) is 1.27. The molecule has 0 unspecified atom stereocenters. The number of hydrogen-bond acceptors (Lipinski definition) is 5. The third-order valence-corrected chi connectivity index (χ3v) is 2.81. The van der Waals surface area contributed by atoms with Crippen LogP contribution >= 0.6 is 15.9 Å². The molecule has 2 aromatic heterocycles. The van der Waals surface area contributed by atoms with Crippen molar-refractivity contribution in [3.63, 3.8) is 0 Å². The fourth-order valence-corrected chi connectivity index (χ4v) is 1.99. The second-order valence-electron chi connectivity index (χ2n) is 3.63. The molecule has 0 spiro atoms. The first kappa shape index (κ1) is 12.6. The number of aryl methyl sites for hydroxylation is 1. The van der Waals surface area contributed by atoms with E-state index in [1.165, 1.54) is 6.21 Å². The van der Waals surface area contributed by atoms with Crippen LogP contribution < -0.4 is 10.6 Å². The Bertz CT molecular complexity index is 577. The van der Waals surface area contributed by atoms with Crippen LogP contribution in [0.2, 0.25) is 0 Å². The van der Waals surface area contributed by atoms with Crippen LogP contribution in [-0.2, 0) is 7.05 Å². The van der Waals surface area contributed by atoms with Gasteiger partial charge in [-0.2, -0.15) is 5.10 Å². The average molecular weight is 309 g/mol. The lowest BCUT2D eigenvalue weighted by atomic mass is 10.2. The van der Waals surface area contributed by atoms with Gasteiger partial charge in [-0.3, -0.25) is 4.68 Å². The molecule has 0 aliphatic carbocycles. The maximum atomic E-state index is 7.27. The van der Waals surface area contributed by atoms with Gasteiger partial charge in [0.2, 0.25) is 0 Å². The van der Waals surface area contributed by atoms with Gasteiger partial charge in [0.25, 0.3) is 0 Å². The van der Waals surface area contributed by atoms with Crippen molar-refractivity contribution in [2.75, 3.05) is 17.7 Å². The summed E-state index contributed by atoms with van der Waals surface area (Å²) in [6, 6.07) is 5.52. The normalized spacial score (nSPS) is 10.2. The molecule has 0 saturated carbocycles. The Morgan fingerprint density at radius 1 is 1.44 bits per heavy atom. The first-order valence-corrected chi connectivity index (χ1v) is 6.09. The zero-order valence-corrected chi connectivity index (χ0v) is 11.6. The molecule has 94 valence electrons. The molecule has 0 radical (unpaired) electrons. The molecule has 0 saturated heterocycles. The highest BCUT2D eigenvalue weighted by Crippen LogP contribution is 2.20. The predicted octanol–water partition coefficient (Wildman–Crippen LogP) is 2.36. The van der Waals surface area contributed by atoms with Crippen LogP contribution in [0.25, 0.3) is 0 Å². The van der Waals surface area contributed by atoms with Crippen LogP contribution in [0, 0.1) is 5.41 Å². The molecular formula is C11H13BrN6. The van der Waals surface area contributed by atoms with Gasteiger partial charge in [-0.1, -0.05) is 0 Å². The van der Waals surface area contributed by atoms with Crippen molar-refractivity contribution in [3.05, 3.63) is 28.4 Å². The molecular weight excluding hydrogens is 296 g/mol. The Balaban J connectivity index is 2.29. The minimum atomic E-state index is 0.663. The van der Waals surface area contributed by atoms with Gasteiger partial charge < -0.3 is 16.0 Å². The molecule has 18 heavy (non-hydrogen) atoms. The summed E-state index contributed by atoms with van der Waals surface area (Å²) in [5, 5.41) is 17.6. The Hall–Kier alpha value is -1.89. The van der Waals surface area contributed by atoms with Gasteiger partial charge in [0.15, 0.2) is 0 Å². The van der Waals surface area contributed by atoms with Crippen LogP contribution in [0.15, 0.2) is 22.8 Å². The van der Waals surface area contributed by atoms with E-state index in [4.69, 9.17) is 5.41 Å². The summed E-state index contributed by atoms with van der Waals surface area (Å²) in [6.45, 7) is 0. The number of aromatic nitrogens is 3. The molecule has 7 heteroatoms. The smallest absolute Gasteiger partial charge is 0.136 e. The van der Waals surface area contributed by atoms with Gasteiger partial charge in [-0.25, -0.2) is 4.98 Å². The van der Waals surface area contributed by atoms with Crippen molar-refractivity contribution >= 4 is 39.6 Å². The molecule has 0 atom stereocenters. The van der Waals surface area contributed by atoms with Crippen molar-refractivity contribution < 1.29 is 0 Å². The molecule has 2 rings (SSSR count). The highest BCUT2D eigenvalue weighted by Gasteiger charge is 2.06. The average Bonchev–Trinajstić information content (AvgIpc) is 2.67. The van der Waals surface area contributed by atoms with E-state index in [0.717, 1.165) is 16.0 Å². The van der Waals surface area contributed by atoms with E-state index in [0.29, 0.717) is 11.6 Å². The first-order chi connectivity index (χ1) is 8.63. The molecule has 0 aliphatic rings. The van der Waals surface area contributed by atoms with Crippen LogP contribution in [-0.4, -0.2) is 28.0 Å². The Labute approximate surface area is 113 Å². The van der Waals surface area contributed by atoms with Crippen molar-refractivity contribution in [1.29, 1.82) is 5.41 Å². The van der Waals surface area contributed by atoms with Gasteiger partial charge in [0.1, 0.15) is 22.1 Å². The van der Waals surface area contributed by atoms with Crippen molar-refractivity contribution in [1.82, 2.24) is 14.8 Å². The summed E-state index contributed by atoms with van der Waals surface area (Å²) >= 11 is 3.31. The van der Waals surface area contributed by atoms with Crippen molar-refractivity contribution in [2.45, 2.75) is 0 Å². The lowest BCUT2D eigenvalue weighted by molar-refractivity contribution is 0.768. The number of hydrogen-bond donors (Lipinski definition) is 3. The Morgan fingerprint density at radius 2 is 2.22 bits per heavy atom. The molecule has 0 fully saturated rings. The SMILES string of the molecule is CNc1nc(Nc2cc(Br)nn2C)ccc1C=N. The van der Waals surface area contributed by atoms with Crippen LogP contribution in [0.1, 0.15) is 5.56 Å². The van der Waals surface area contributed by atoms with E-state index in [9.17, 15) is 0 Å². The van der Waals surface area contributed by atoms with Crippen LogP contribution in [0.3, 0.4) is 0 Å². The van der Waals surface area contributed by atoms with Crippen LogP contribution in [0.4, 0.5) is 17.5 Å². The van der Waals surface area contributed by atoms with Gasteiger partial charge in [0, 0.05) is 31.9 Å². The molecule has 3 N–H and O–H groups in total. The number of pyridine rings is 1. The van der Waals surface area contributed by atoms with Gasteiger partial charge in [-0.05, 0) is 28.1 Å². The highest BCUT2D eigenvalue weighted by atomic mass is 79.9. The summed E-state index contributed by atoms with van der Waals surface area (Å²) in [5.41, 5.74) is 0.745. The molecule has 0 aliphatic heterocycles. The molecule has 0 amide bonds. The van der Waals surface area contributed by atoms with E-state index in [1.54, 1.807) is 11.7 Å². The molecule has 6 nitrogen and oxygen atoms in total. The first-order valence-electron chi connectivity index (χ1n) is 5.30. The zero-order chi connectivity index (χ0) is 13.1.